The Hall–Kier alpha value is -3.13. The van der Waals surface area contributed by atoms with Gasteiger partial charge < -0.3 is 10.2 Å². The van der Waals surface area contributed by atoms with E-state index in [4.69, 9.17) is 11.6 Å². The third-order valence-corrected chi connectivity index (χ3v) is 4.68. The molecule has 0 bridgehead atoms. The number of benzene rings is 2. The Labute approximate surface area is 166 Å². The molecule has 1 heterocycles. The summed E-state index contributed by atoms with van der Waals surface area (Å²) in [6.45, 7) is 1.80. The van der Waals surface area contributed by atoms with Crippen molar-refractivity contribution in [2.45, 2.75) is 6.92 Å². The molecule has 0 saturated carbocycles. The summed E-state index contributed by atoms with van der Waals surface area (Å²) in [5.74, 6) is 0.0754. The van der Waals surface area contributed by atoms with Gasteiger partial charge in [0.15, 0.2) is 0 Å². The number of aryl methyl sites for hydroxylation is 2. The van der Waals surface area contributed by atoms with Gasteiger partial charge in [0.2, 0.25) is 0 Å². The van der Waals surface area contributed by atoms with Gasteiger partial charge in [-0.25, -0.2) is 4.39 Å². The van der Waals surface area contributed by atoms with Gasteiger partial charge in [-0.3, -0.25) is 14.8 Å². The molecule has 0 radical (unpaired) electrons. The average molecular weight is 404 g/mol. The first-order chi connectivity index (χ1) is 13.2. The lowest BCUT2D eigenvalue weighted by Gasteiger charge is -2.15. The molecule has 0 aliphatic rings. The molecule has 2 aromatic carbocycles. The van der Waals surface area contributed by atoms with Gasteiger partial charge in [-0.15, -0.1) is 0 Å². The van der Waals surface area contributed by atoms with Crippen molar-refractivity contribution in [3.63, 3.8) is 0 Å². The molecule has 0 aliphatic heterocycles. The Kier molecular flexibility index (Phi) is 5.24. The zero-order chi connectivity index (χ0) is 20.6. The fourth-order valence-corrected chi connectivity index (χ4v) is 3.26. The second-order valence-corrected chi connectivity index (χ2v) is 6.94. The molecule has 3 rings (SSSR count). The quantitative estimate of drug-likeness (QED) is 0.484. The van der Waals surface area contributed by atoms with Gasteiger partial charge in [0, 0.05) is 44.0 Å². The van der Waals surface area contributed by atoms with E-state index in [1.807, 2.05) is 14.1 Å². The van der Waals surface area contributed by atoms with Crippen LogP contribution in [0.4, 0.5) is 27.3 Å². The molecule has 0 aliphatic carbocycles. The van der Waals surface area contributed by atoms with Gasteiger partial charge >= 0.3 is 0 Å². The molecule has 7 nitrogen and oxygen atoms in total. The van der Waals surface area contributed by atoms with Gasteiger partial charge in [-0.05, 0) is 37.3 Å². The molecule has 0 unspecified atom stereocenters. The highest BCUT2D eigenvalue weighted by Crippen LogP contribution is 2.39. The molecule has 0 fully saturated rings. The standard InChI is InChI=1S/C19H19ClFN5O2/c1-11-18(14-7-5-12(21)9-15(14)20)19(25(4)23-11)22-16-8-6-13(24(2)3)10-17(16)26(27)28/h5-10,22H,1-4H3. The van der Waals surface area contributed by atoms with Crippen LogP contribution in [0.3, 0.4) is 0 Å². The van der Waals surface area contributed by atoms with Crippen molar-refractivity contribution >= 4 is 34.5 Å². The topological polar surface area (TPSA) is 76.2 Å². The molecule has 28 heavy (non-hydrogen) atoms. The van der Waals surface area contributed by atoms with Crippen LogP contribution in [0, 0.1) is 22.9 Å². The maximum atomic E-state index is 13.5. The zero-order valence-electron chi connectivity index (χ0n) is 15.8. The van der Waals surface area contributed by atoms with E-state index < -0.39 is 10.7 Å². The van der Waals surface area contributed by atoms with Crippen LogP contribution in [0.15, 0.2) is 36.4 Å². The van der Waals surface area contributed by atoms with Crippen molar-refractivity contribution in [1.29, 1.82) is 0 Å². The second kappa shape index (κ2) is 7.47. The number of nitrogens with zero attached hydrogens (tertiary/aromatic N) is 4. The largest absolute Gasteiger partial charge is 0.377 e. The Morgan fingerprint density at radius 2 is 1.96 bits per heavy atom. The molecule has 1 N–H and O–H groups in total. The van der Waals surface area contributed by atoms with E-state index in [1.165, 1.54) is 18.2 Å². The third-order valence-electron chi connectivity index (χ3n) is 4.37. The lowest BCUT2D eigenvalue weighted by atomic mass is 10.1. The maximum Gasteiger partial charge on any atom is 0.294 e. The summed E-state index contributed by atoms with van der Waals surface area (Å²) in [6.07, 6.45) is 0. The number of halogens is 2. The highest BCUT2D eigenvalue weighted by Gasteiger charge is 2.22. The molecule has 0 amide bonds. The van der Waals surface area contributed by atoms with Gasteiger partial charge in [0.25, 0.3) is 5.69 Å². The summed E-state index contributed by atoms with van der Waals surface area (Å²) >= 11 is 6.24. The SMILES string of the molecule is Cc1nn(C)c(Nc2ccc(N(C)C)cc2[N+](=O)[O-])c1-c1ccc(F)cc1Cl. The molecule has 3 aromatic rings. The van der Waals surface area contributed by atoms with Crippen LogP contribution in [0.5, 0.6) is 0 Å². The average Bonchev–Trinajstić information content (AvgIpc) is 2.88. The number of anilines is 3. The molecule has 0 saturated heterocycles. The Bertz CT molecular complexity index is 1060. The number of aromatic nitrogens is 2. The number of nitro benzene ring substituents is 1. The number of hydrogen-bond donors (Lipinski definition) is 1. The number of nitro groups is 1. The molecule has 1 aromatic heterocycles. The second-order valence-electron chi connectivity index (χ2n) is 6.53. The van der Waals surface area contributed by atoms with E-state index in [2.05, 4.69) is 10.4 Å². The summed E-state index contributed by atoms with van der Waals surface area (Å²) in [5.41, 5.74) is 2.85. The first kappa shape index (κ1) is 19.6. The minimum atomic E-state index is -0.445. The van der Waals surface area contributed by atoms with Gasteiger partial charge in [-0.2, -0.15) is 5.10 Å². The van der Waals surface area contributed by atoms with E-state index in [1.54, 1.807) is 41.8 Å². The molecule has 0 spiro atoms. The maximum absolute atomic E-state index is 13.5. The Morgan fingerprint density at radius 1 is 1.25 bits per heavy atom. The third kappa shape index (κ3) is 3.63. The Balaban J connectivity index is 2.13. The fraction of sp³-hybridized carbons (Fsp3) is 0.211. The summed E-state index contributed by atoms with van der Waals surface area (Å²) < 4.78 is 15.0. The lowest BCUT2D eigenvalue weighted by molar-refractivity contribution is -0.383. The number of rotatable bonds is 5. The minimum absolute atomic E-state index is 0.0683. The van der Waals surface area contributed by atoms with E-state index in [-0.39, 0.29) is 10.7 Å². The van der Waals surface area contributed by atoms with Crippen LogP contribution < -0.4 is 10.2 Å². The summed E-state index contributed by atoms with van der Waals surface area (Å²) in [5, 5.41) is 19.3. The Morgan fingerprint density at radius 3 is 2.57 bits per heavy atom. The highest BCUT2D eigenvalue weighted by molar-refractivity contribution is 6.33. The highest BCUT2D eigenvalue weighted by atomic mass is 35.5. The number of hydrogen-bond acceptors (Lipinski definition) is 5. The summed E-state index contributed by atoms with van der Waals surface area (Å²) in [4.78, 5) is 12.9. The predicted molar refractivity (Wildman–Crippen MR) is 109 cm³/mol. The van der Waals surface area contributed by atoms with Crippen molar-refractivity contribution in [2.75, 3.05) is 24.3 Å². The van der Waals surface area contributed by atoms with E-state index >= 15 is 0 Å². The van der Waals surface area contributed by atoms with E-state index in [9.17, 15) is 14.5 Å². The van der Waals surface area contributed by atoms with Gasteiger partial charge in [0.05, 0.1) is 15.6 Å². The first-order valence-electron chi connectivity index (χ1n) is 8.41. The summed E-state index contributed by atoms with van der Waals surface area (Å²) in [6, 6.07) is 9.02. The number of nitrogens with one attached hydrogen (secondary N) is 1. The van der Waals surface area contributed by atoms with Crippen LogP contribution in [-0.2, 0) is 7.05 Å². The molecular formula is C19H19ClFN5O2. The normalized spacial score (nSPS) is 10.8. The monoisotopic (exact) mass is 403 g/mol. The fourth-order valence-electron chi connectivity index (χ4n) is 3.00. The molecular weight excluding hydrogens is 385 g/mol. The van der Waals surface area contributed by atoms with Crippen molar-refractivity contribution in [2.24, 2.45) is 7.05 Å². The van der Waals surface area contributed by atoms with Gasteiger partial charge in [-0.1, -0.05) is 11.6 Å². The minimum Gasteiger partial charge on any atom is -0.377 e. The smallest absolute Gasteiger partial charge is 0.294 e. The van der Waals surface area contributed by atoms with Crippen molar-refractivity contribution in [3.8, 4) is 11.1 Å². The van der Waals surface area contributed by atoms with Crippen molar-refractivity contribution in [3.05, 3.63) is 63.0 Å². The van der Waals surface area contributed by atoms with Crippen molar-refractivity contribution < 1.29 is 9.31 Å². The van der Waals surface area contributed by atoms with Crippen LogP contribution >= 0.6 is 11.6 Å². The summed E-state index contributed by atoms with van der Waals surface area (Å²) in [7, 11) is 5.34. The predicted octanol–water partition coefficient (Wildman–Crippen LogP) is 4.91. The molecule has 0 atom stereocenters. The van der Waals surface area contributed by atoms with Crippen LogP contribution in [0.25, 0.3) is 11.1 Å². The van der Waals surface area contributed by atoms with E-state index in [0.717, 1.165) is 0 Å². The van der Waals surface area contributed by atoms with Crippen LogP contribution in [-0.4, -0.2) is 28.8 Å². The molecule has 146 valence electrons. The van der Waals surface area contributed by atoms with E-state index in [0.29, 0.717) is 34.0 Å². The van der Waals surface area contributed by atoms with Crippen LogP contribution in [0.2, 0.25) is 5.02 Å². The molecule has 9 heteroatoms. The lowest BCUT2D eigenvalue weighted by Crippen LogP contribution is -2.09. The zero-order valence-corrected chi connectivity index (χ0v) is 16.6. The van der Waals surface area contributed by atoms with Crippen molar-refractivity contribution in [1.82, 2.24) is 9.78 Å². The first-order valence-corrected chi connectivity index (χ1v) is 8.78. The van der Waals surface area contributed by atoms with Gasteiger partial charge in [0.1, 0.15) is 17.3 Å². The van der Waals surface area contributed by atoms with Crippen LogP contribution in [0.1, 0.15) is 5.69 Å².